The first-order valence-electron chi connectivity index (χ1n) is 7.16. The van der Waals surface area contributed by atoms with Crippen LogP contribution in [0.5, 0.6) is 0 Å². The molecule has 1 heterocycles. The first-order valence-corrected chi connectivity index (χ1v) is 7.16. The number of nitrogens with zero attached hydrogens (tertiary/aromatic N) is 2. The van der Waals surface area contributed by atoms with Crippen LogP contribution in [0.25, 0.3) is 0 Å². The van der Waals surface area contributed by atoms with Crippen LogP contribution in [-0.4, -0.2) is 35.9 Å². The van der Waals surface area contributed by atoms with Crippen molar-refractivity contribution in [2.75, 3.05) is 6.61 Å². The van der Waals surface area contributed by atoms with Gasteiger partial charge in [-0.1, -0.05) is 0 Å². The molecule has 1 aliphatic heterocycles. The number of quaternary nitrogens is 1. The molecule has 0 spiro atoms. The summed E-state index contributed by atoms with van der Waals surface area (Å²) in [6.07, 6.45) is 3.34. The smallest absolute Gasteiger partial charge is 0.328 e. The number of nitrogens with two attached hydrogens (primary N) is 1. The molecule has 1 aliphatic rings. The van der Waals surface area contributed by atoms with Crippen molar-refractivity contribution in [3.05, 3.63) is 0 Å². The van der Waals surface area contributed by atoms with E-state index in [2.05, 4.69) is 38.0 Å². The Morgan fingerprint density at radius 1 is 1.45 bits per heavy atom. The third-order valence-electron chi connectivity index (χ3n) is 3.43. The van der Waals surface area contributed by atoms with Crippen molar-refractivity contribution in [2.24, 2.45) is 10.9 Å². The predicted molar refractivity (Wildman–Crippen MR) is 77.3 cm³/mol. The molecule has 2 N–H and O–H groups in total. The van der Waals surface area contributed by atoms with Gasteiger partial charge in [0.15, 0.2) is 5.92 Å². The van der Waals surface area contributed by atoms with Gasteiger partial charge >= 0.3 is 5.97 Å². The lowest BCUT2D eigenvalue weighted by Crippen LogP contribution is -3.05. The molecule has 112 valence electrons. The predicted octanol–water partition coefficient (Wildman–Crippen LogP) is 1.04. The average Bonchev–Trinajstić information content (AvgIpc) is 2.25. The molecule has 1 fully saturated rings. The maximum absolute atomic E-state index is 11.6. The number of carbonyl (C=O) groups excluding carboxylic acids is 1. The van der Waals surface area contributed by atoms with Gasteiger partial charge in [0.2, 0.25) is 0 Å². The van der Waals surface area contributed by atoms with Crippen molar-refractivity contribution in [2.45, 2.75) is 64.6 Å². The molecular formula is C15H26N3O2+. The van der Waals surface area contributed by atoms with Crippen molar-refractivity contribution >= 4 is 12.2 Å². The van der Waals surface area contributed by atoms with Gasteiger partial charge in [-0.25, -0.2) is 0 Å². The lowest BCUT2D eigenvalue weighted by atomic mass is 9.80. The molecule has 0 aromatic rings. The molecule has 0 aromatic carbocycles. The van der Waals surface area contributed by atoms with Gasteiger partial charge in [-0.15, -0.1) is 0 Å². The number of nitriles is 1. The van der Waals surface area contributed by atoms with E-state index in [1.54, 1.807) is 6.92 Å². The molecule has 0 aromatic heterocycles. The van der Waals surface area contributed by atoms with Gasteiger partial charge in [-0.05, 0) is 34.6 Å². The normalized spacial score (nSPS) is 23.2. The Morgan fingerprint density at radius 3 is 2.45 bits per heavy atom. The highest BCUT2D eigenvalue weighted by Crippen LogP contribution is 2.24. The van der Waals surface area contributed by atoms with Gasteiger partial charge < -0.3 is 10.1 Å². The van der Waals surface area contributed by atoms with Crippen molar-refractivity contribution in [1.82, 2.24) is 0 Å². The van der Waals surface area contributed by atoms with E-state index in [0.29, 0.717) is 0 Å². The molecule has 1 rings (SSSR count). The average molecular weight is 280 g/mol. The fraction of sp³-hybridized carbons (Fsp3) is 0.800. The number of carbonyl (C=O) groups is 1. The zero-order valence-corrected chi connectivity index (χ0v) is 13.1. The maximum Gasteiger partial charge on any atom is 0.328 e. The van der Waals surface area contributed by atoms with E-state index in [-0.39, 0.29) is 23.7 Å². The number of aliphatic imine (C=N–C) groups is 1. The summed E-state index contributed by atoms with van der Waals surface area (Å²) < 4.78 is 4.86. The third-order valence-corrected chi connectivity index (χ3v) is 3.43. The van der Waals surface area contributed by atoms with Crippen LogP contribution in [0.2, 0.25) is 0 Å². The van der Waals surface area contributed by atoms with Gasteiger partial charge in [0, 0.05) is 19.1 Å². The Kier molecular flexibility index (Phi) is 5.29. The summed E-state index contributed by atoms with van der Waals surface area (Å²) in [7, 11) is 0. The lowest BCUT2D eigenvalue weighted by molar-refractivity contribution is -0.787. The van der Waals surface area contributed by atoms with E-state index >= 15 is 0 Å². The quantitative estimate of drug-likeness (QED) is 0.617. The Labute approximate surface area is 121 Å². The Bertz CT molecular complexity index is 405. The molecule has 0 aliphatic carbocycles. The van der Waals surface area contributed by atoms with E-state index in [4.69, 9.17) is 10.00 Å². The molecule has 0 bridgehead atoms. The van der Waals surface area contributed by atoms with Gasteiger partial charge in [-0.2, -0.15) is 5.26 Å². The van der Waals surface area contributed by atoms with Crippen LogP contribution in [0.3, 0.4) is 0 Å². The van der Waals surface area contributed by atoms with Gasteiger partial charge in [0.1, 0.15) is 0 Å². The Balaban J connectivity index is 2.73. The van der Waals surface area contributed by atoms with Crippen LogP contribution in [-0.2, 0) is 9.53 Å². The van der Waals surface area contributed by atoms with Crippen LogP contribution < -0.4 is 5.32 Å². The summed E-state index contributed by atoms with van der Waals surface area (Å²) in [4.78, 5) is 16.0. The second kappa shape index (κ2) is 6.36. The zero-order chi connectivity index (χ0) is 15.4. The van der Waals surface area contributed by atoms with Crippen molar-refractivity contribution in [3.63, 3.8) is 0 Å². The minimum absolute atomic E-state index is 0.121. The highest BCUT2D eigenvalue weighted by molar-refractivity contribution is 5.92. The summed E-state index contributed by atoms with van der Waals surface area (Å²) in [5.74, 6) is -1.41. The number of esters is 1. The minimum Gasteiger partial charge on any atom is -0.465 e. The largest absolute Gasteiger partial charge is 0.465 e. The summed E-state index contributed by atoms with van der Waals surface area (Å²) in [5, 5.41) is 11.4. The topological polar surface area (TPSA) is 79.1 Å². The van der Waals surface area contributed by atoms with Crippen molar-refractivity contribution in [3.8, 4) is 6.07 Å². The minimum atomic E-state index is -0.896. The highest BCUT2D eigenvalue weighted by Gasteiger charge is 2.41. The van der Waals surface area contributed by atoms with Crippen LogP contribution in [0, 0.1) is 17.2 Å². The molecule has 0 saturated carbocycles. The number of rotatable bonds is 4. The van der Waals surface area contributed by atoms with E-state index in [1.165, 1.54) is 6.21 Å². The summed E-state index contributed by atoms with van der Waals surface area (Å²) in [6, 6.07) is 2.08. The second-order valence-corrected chi connectivity index (χ2v) is 6.84. The van der Waals surface area contributed by atoms with E-state index in [9.17, 15) is 4.79 Å². The number of piperidine rings is 1. The number of hydrogen-bond donors (Lipinski definition) is 1. The zero-order valence-electron chi connectivity index (χ0n) is 13.1. The third kappa shape index (κ3) is 4.93. The number of ether oxygens (including phenoxy) is 1. The Morgan fingerprint density at radius 2 is 2.00 bits per heavy atom. The summed E-state index contributed by atoms with van der Waals surface area (Å²) in [6.45, 7) is 10.8. The monoisotopic (exact) mass is 280 g/mol. The van der Waals surface area contributed by atoms with Crippen molar-refractivity contribution in [1.29, 1.82) is 5.26 Å². The molecule has 1 atom stereocenters. The van der Waals surface area contributed by atoms with Crippen molar-refractivity contribution < 1.29 is 14.8 Å². The van der Waals surface area contributed by atoms with Gasteiger partial charge in [-0.3, -0.25) is 9.79 Å². The summed E-state index contributed by atoms with van der Waals surface area (Å²) >= 11 is 0. The molecule has 0 radical (unpaired) electrons. The standard InChI is InChI=1S/C15H25N3O2/c1-6-20-13(19)11(9-16)10-17-12-7-14(2,3)18-15(4,5)8-12/h10-12,18H,6-8H2,1-5H3/p+1/t11-/m0/s1. The molecule has 5 heteroatoms. The molecular weight excluding hydrogens is 254 g/mol. The molecule has 5 nitrogen and oxygen atoms in total. The fourth-order valence-electron chi connectivity index (χ4n) is 3.15. The number of hydrogen-bond acceptors (Lipinski definition) is 4. The van der Waals surface area contributed by atoms with E-state index in [0.717, 1.165) is 12.8 Å². The van der Waals surface area contributed by atoms with E-state index in [1.807, 2.05) is 6.07 Å². The van der Waals surface area contributed by atoms with Crippen LogP contribution in [0.4, 0.5) is 0 Å². The maximum atomic E-state index is 11.6. The Hall–Kier alpha value is -1.41. The lowest BCUT2D eigenvalue weighted by Gasteiger charge is -2.41. The molecule has 0 unspecified atom stereocenters. The van der Waals surface area contributed by atoms with E-state index < -0.39 is 11.9 Å². The van der Waals surface area contributed by atoms with Crippen LogP contribution >= 0.6 is 0 Å². The summed E-state index contributed by atoms with van der Waals surface area (Å²) in [5.41, 5.74) is 0.242. The first-order chi connectivity index (χ1) is 9.19. The SMILES string of the molecule is CCOC(=O)[C@@H](C#N)C=NC1CC(C)(C)[NH2+]C(C)(C)C1. The van der Waals surface area contributed by atoms with Gasteiger partial charge in [0.05, 0.1) is 29.8 Å². The fourth-order valence-corrected chi connectivity index (χ4v) is 3.15. The molecule has 1 saturated heterocycles. The highest BCUT2D eigenvalue weighted by atomic mass is 16.5. The first kappa shape index (κ1) is 16.6. The van der Waals surface area contributed by atoms with Crippen LogP contribution in [0.1, 0.15) is 47.5 Å². The molecule has 20 heavy (non-hydrogen) atoms. The van der Waals surface area contributed by atoms with Crippen LogP contribution in [0.15, 0.2) is 4.99 Å². The molecule has 0 amide bonds. The van der Waals surface area contributed by atoms with Gasteiger partial charge in [0.25, 0.3) is 0 Å². The second-order valence-electron chi connectivity index (χ2n) is 6.84.